The molecule has 0 saturated carbocycles. The van der Waals surface area contributed by atoms with Crippen LogP contribution in [0.1, 0.15) is 15.2 Å². The topological polar surface area (TPSA) is 66.4 Å². The molecule has 0 aliphatic heterocycles. The fourth-order valence-corrected chi connectivity index (χ4v) is 0.761. The molecule has 0 aromatic rings. The van der Waals surface area contributed by atoms with Gasteiger partial charge in [-0.25, -0.2) is 4.79 Å². The summed E-state index contributed by atoms with van der Waals surface area (Å²) in [6.45, 7) is 3.32. The third kappa shape index (κ3) is 3.57. The first-order chi connectivity index (χ1) is 5.86. The minimum absolute atomic E-state index is 0.239. The lowest BCUT2D eigenvalue weighted by Gasteiger charge is -2.16. The number of halogens is 1. The average molecular weight is 195 g/mol. The molecule has 12 heavy (non-hydrogen) atoms. The summed E-state index contributed by atoms with van der Waals surface area (Å²) < 4.78 is 6.82. The normalized spacial score (nSPS) is 16.5. The highest BCUT2D eigenvalue weighted by molar-refractivity contribution is 6.27. The molecule has 0 heterocycles. The van der Waals surface area contributed by atoms with Crippen LogP contribution in [0.5, 0.6) is 0 Å². The van der Waals surface area contributed by atoms with E-state index in [-0.39, 0.29) is 5.92 Å². The van der Waals surface area contributed by atoms with Crippen LogP contribution in [-0.2, 0) is 9.59 Å². The van der Waals surface area contributed by atoms with Gasteiger partial charge in [-0.05, 0) is 5.92 Å². The van der Waals surface area contributed by atoms with Gasteiger partial charge in [0, 0.05) is 0 Å². The van der Waals surface area contributed by atoms with Crippen molar-refractivity contribution >= 4 is 23.5 Å². The number of hydrogen-bond donors (Lipinski definition) is 2. The fourth-order valence-electron chi connectivity index (χ4n) is 0.698. The molecule has 0 bridgehead atoms. The summed E-state index contributed by atoms with van der Waals surface area (Å²) >= 11 is 5.14. The second-order valence-electron chi connectivity index (χ2n) is 2.68. The van der Waals surface area contributed by atoms with E-state index in [1.54, 1.807) is 13.8 Å². The monoisotopic (exact) mass is 194 g/mol. The SMILES string of the molecule is [2H]C(Cl)C(=O)N[C@H](C(=O)O)C(C)C. The lowest BCUT2D eigenvalue weighted by Crippen LogP contribution is -2.44. The van der Waals surface area contributed by atoms with Crippen molar-refractivity contribution in [3.05, 3.63) is 0 Å². The Kier molecular flexibility index (Phi) is 3.87. The molecule has 2 N–H and O–H groups in total. The molecular weight excluding hydrogens is 182 g/mol. The molecule has 4 nitrogen and oxygen atoms in total. The first-order valence-electron chi connectivity index (χ1n) is 4.03. The number of carbonyl (C=O) groups is 2. The maximum Gasteiger partial charge on any atom is 0.326 e. The van der Waals surface area contributed by atoms with Crippen molar-refractivity contribution in [1.29, 1.82) is 0 Å². The van der Waals surface area contributed by atoms with Crippen LogP contribution in [0.3, 0.4) is 0 Å². The van der Waals surface area contributed by atoms with Crippen LogP contribution in [0.15, 0.2) is 0 Å². The summed E-state index contributed by atoms with van der Waals surface area (Å²) in [7, 11) is 0. The second kappa shape index (κ2) is 4.98. The summed E-state index contributed by atoms with van der Waals surface area (Å²) in [6, 6.07) is -0.987. The summed E-state index contributed by atoms with van der Waals surface area (Å²) in [5, 5.41) is 10.8. The molecule has 0 aliphatic carbocycles. The van der Waals surface area contributed by atoms with Gasteiger partial charge in [-0.15, -0.1) is 11.6 Å². The third-order valence-corrected chi connectivity index (χ3v) is 1.53. The van der Waals surface area contributed by atoms with Crippen molar-refractivity contribution in [2.75, 3.05) is 5.86 Å². The van der Waals surface area contributed by atoms with E-state index in [9.17, 15) is 9.59 Å². The predicted octanol–water partition coefficient (Wildman–Crippen LogP) is 0.451. The van der Waals surface area contributed by atoms with Crippen LogP contribution in [-0.4, -0.2) is 28.9 Å². The second-order valence-corrected chi connectivity index (χ2v) is 2.90. The van der Waals surface area contributed by atoms with Gasteiger partial charge in [-0.1, -0.05) is 13.8 Å². The standard InChI is InChI=1S/C7H12ClNO3/c1-4(2)6(7(11)12)9-5(10)3-8/h4,6H,3H2,1-2H3,(H,9,10)(H,11,12)/t6-/m0/s1/i3D/t3?,6-. The summed E-state index contributed by atoms with van der Waals surface area (Å²) in [5.41, 5.74) is 0. The minimum atomic E-state index is -1.46. The van der Waals surface area contributed by atoms with Crippen LogP contribution < -0.4 is 5.32 Å². The molecular formula is C7H12ClNO3. The van der Waals surface area contributed by atoms with E-state index in [2.05, 4.69) is 5.32 Å². The molecule has 1 amide bonds. The van der Waals surface area contributed by atoms with Crippen LogP contribution in [0.4, 0.5) is 0 Å². The third-order valence-electron chi connectivity index (χ3n) is 1.33. The molecule has 0 aromatic carbocycles. The Balaban J connectivity index is 4.27. The Morgan fingerprint density at radius 2 is 2.17 bits per heavy atom. The summed E-state index contributed by atoms with van der Waals surface area (Å²) in [4.78, 5) is 21.4. The molecule has 0 aromatic heterocycles. The van der Waals surface area contributed by atoms with Crippen molar-refractivity contribution in [2.24, 2.45) is 5.92 Å². The zero-order chi connectivity index (χ0) is 10.6. The summed E-state index contributed by atoms with van der Waals surface area (Å²) in [5.74, 6) is -3.61. The minimum Gasteiger partial charge on any atom is -0.480 e. The maximum absolute atomic E-state index is 10.9. The molecule has 0 saturated heterocycles. The molecule has 5 heteroatoms. The lowest BCUT2D eigenvalue weighted by molar-refractivity contribution is -0.142. The number of carboxylic acids is 1. The number of nitrogens with one attached hydrogen (secondary N) is 1. The molecule has 0 rings (SSSR count). The van der Waals surface area contributed by atoms with E-state index in [1.165, 1.54) is 0 Å². The summed E-state index contributed by atoms with van der Waals surface area (Å²) in [6.07, 6.45) is 0. The highest BCUT2D eigenvalue weighted by Crippen LogP contribution is 2.01. The molecule has 1 unspecified atom stereocenters. The van der Waals surface area contributed by atoms with E-state index in [1.807, 2.05) is 0 Å². The Morgan fingerprint density at radius 3 is 2.42 bits per heavy atom. The highest BCUT2D eigenvalue weighted by Gasteiger charge is 2.22. The Morgan fingerprint density at radius 1 is 1.67 bits per heavy atom. The Bertz CT molecular complexity index is 208. The fraction of sp³-hybridized carbons (Fsp3) is 0.714. The number of aliphatic carboxylic acids is 1. The molecule has 70 valence electrons. The lowest BCUT2D eigenvalue weighted by atomic mass is 10.1. The molecule has 2 atom stereocenters. The van der Waals surface area contributed by atoms with E-state index < -0.39 is 23.8 Å². The zero-order valence-electron chi connectivity index (χ0n) is 7.87. The maximum atomic E-state index is 10.9. The number of hydrogen-bond acceptors (Lipinski definition) is 2. The van der Waals surface area contributed by atoms with Crippen LogP contribution in [0.25, 0.3) is 0 Å². The number of carbonyl (C=O) groups excluding carboxylic acids is 1. The van der Waals surface area contributed by atoms with Crippen molar-refractivity contribution in [2.45, 2.75) is 19.9 Å². The van der Waals surface area contributed by atoms with Crippen LogP contribution in [0.2, 0.25) is 0 Å². The van der Waals surface area contributed by atoms with E-state index in [4.69, 9.17) is 18.1 Å². The van der Waals surface area contributed by atoms with E-state index in [0.29, 0.717) is 0 Å². The van der Waals surface area contributed by atoms with Gasteiger partial charge in [-0.3, -0.25) is 4.79 Å². The Labute approximate surface area is 77.3 Å². The van der Waals surface area contributed by atoms with Gasteiger partial charge in [0.15, 0.2) is 0 Å². The van der Waals surface area contributed by atoms with Gasteiger partial charge >= 0.3 is 5.97 Å². The average Bonchev–Trinajstić information content (AvgIpc) is 1.97. The van der Waals surface area contributed by atoms with Crippen LogP contribution >= 0.6 is 11.6 Å². The van der Waals surface area contributed by atoms with Crippen molar-refractivity contribution in [1.82, 2.24) is 5.32 Å². The number of carboxylic acid groups (broad SMARTS) is 1. The first kappa shape index (κ1) is 9.32. The quantitative estimate of drug-likeness (QED) is 0.639. The zero-order valence-corrected chi connectivity index (χ0v) is 7.63. The molecule has 0 radical (unpaired) electrons. The van der Waals surface area contributed by atoms with Crippen LogP contribution in [0, 0.1) is 5.92 Å². The smallest absolute Gasteiger partial charge is 0.326 e. The van der Waals surface area contributed by atoms with Crippen molar-refractivity contribution < 1.29 is 16.1 Å². The van der Waals surface area contributed by atoms with E-state index >= 15 is 0 Å². The first-order valence-corrected chi connectivity index (χ1v) is 3.89. The van der Waals surface area contributed by atoms with Crippen molar-refractivity contribution in [3.8, 4) is 0 Å². The van der Waals surface area contributed by atoms with Gasteiger partial charge in [0.2, 0.25) is 5.91 Å². The van der Waals surface area contributed by atoms with Crippen molar-refractivity contribution in [3.63, 3.8) is 0 Å². The predicted molar refractivity (Wildman–Crippen MR) is 45.1 cm³/mol. The molecule has 0 fully saturated rings. The van der Waals surface area contributed by atoms with E-state index in [0.717, 1.165) is 0 Å². The van der Waals surface area contributed by atoms with Gasteiger partial charge < -0.3 is 10.4 Å². The Hall–Kier alpha value is -0.770. The van der Waals surface area contributed by atoms with Gasteiger partial charge in [0.05, 0.1) is 1.37 Å². The highest BCUT2D eigenvalue weighted by atomic mass is 35.5. The van der Waals surface area contributed by atoms with Gasteiger partial charge in [-0.2, -0.15) is 0 Å². The number of rotatable bonds is 4. The van der Waals surface area contributed by atoms with Gasteiger partial charge in [0.25, 0.3) is 0 Å². The largest absolute Gasteiger partial charge is 0.480 e. The molecule has 0 spiro atoms. The number of alkyl halides is 1. The molecule has 0 aliphatic rings. The van der Waals surface area contributed by atoms with Gasteiger partial charge in [0.1, 0.15) is 11.9 Å². The number of amides is 1.